The molecule has 2 rings (SSSR count). The molecule has 4 heteroatoms. The summed E-state index contributed by atoms with van der Waals surface area (Å²) in [6.07, 6.45) is 0. The van der Waals surface area contributed by atoms with Crippen LogP contribution in [0.15, 0.2) is 12.1 Å². The zero-order valence-corrected chi connectivity index (χ0v) is 7.13. The molecule has 0 fully saturated rings. The maximum absolute atomic E-state index is 8.77. The molecule has 1 aromatic heterocycles. The third-order valence-corrected chi connectivity index (χ3v) is 2.07. The summed E-state index contributed by atoms with van der Waals surface area (Å²) in [6, 6.07) is 5.71. The molecule has 0 bridgehead atoms. The Kier molecular flexibility index (Phi) is 1.46. The summed E-state index contributed by atoms with van der Waals surface area (Å²) in [7, 11) is 0. The van der Waals surface area contributed by atoms with Crippen molar-refractivity contribution in [2.45, 2.75) is 6.92 Å². The highest BCUT2D eigenvalue weighted by atomic mass is 15.1. The van der Waals surface area contributed by atoms with E-state index in [1.807, 2.05) is 19.1 Å². The van der Waals surface area contributed by atoms with Gasteiger partial charge in [0.05, 0.1) is 11.2 Å². The minimum atomic E-state index is 0.403. The lowest BCUT2D eigenvalue weighted by Crippen LogP contribution is -1.87. The van der Waals surface area contributed by atoms with Crippen molar-refractivity contribution in [2.75, 3.05) is 5.73 Å². The molecule has 0 aliphatic heterocycles. The van der Waals surface area contributed by atoms with Crippen molar-refractivity contribution in [3.63, 3.8) is 0 Å². The van der Waals surface area contributed by atoms with Crippen LogP contribution in [-0.4, -0.2) is 10.2 Å². The normalized spacial score (nSPS) is 10.2. The van der Waals surface area contributed by atoms with Crippen LogP contribution in [0.25, 0.3) is 10.9 Å². The Bertz CT molecular complexity index is 504. The zero-order valence-electron chi connectivity index (χ0n) is 7.13. The molecule has 0 spiro atoms. The number of aromatic nitrogens is 2. The van der Waals surface area contributed by atoms with Gasteiger partial charge in [-0.15, -0.1) is 0 Å². The Balaban J connectivity index is 2.98. The maximum atomic E-state index is 8.77. The van der Waals surface area contributed by atoms with E-state index in [2.05, 4.69) is 10.2 Å². The molecule has 4 nitrogen and oxygen atoms in total. The summed E-state index contributed by atoms with van der Waals surface area (Å²) in [5.41, 5.74) is 8.49. The molecule has 0 atom stereocenters. The Morgan fingerprint density at radius 3 is 3.00 bits per heavy atom. The quantitative estimate of drug-likeness (QED) is 0.588. The summed E-state index contributed by atoms with van der Waals surface area (Å²) >= 11 is 0. The highest BCUT2D eigenvalue weighted by Gasteiger charge is 2.09. The summed E-state index contributed by atoms with van der Waals surface area (Å²) < 4.78 is 0. The first-order valence-corrected chi connectivity index (χ1v) is 3.87. The van der Waals surface area contributed by atoms with Crippen LogP contribution in [0.2, 0.25) is 0 Å². The Labute approximate surface area is 75.0 Å². The molecule has 1 heterocycles. The van der Waals surface area contributed by atoms with Crippen LogP contribution >= 0.6 is 0 Å². The van der Waals surface area contributed by atoms with E-state index in [9.17, 15) is 0 Å². The SMILES string of the molecule is Cc1ccc(N)c2[nH]nc(C#N)c12. The number of aryl methyl sites for hydroxylation is 1. The Morgan fingerprint density at radius 2 is 2.31 bits per heavy atom. The predicted octanol–water partition coefficient (Wildman–Crippen LogP) is 1.33. The first-order chi connectivity index (χ1) is 6.24. The van der Waals surface area contributed by atoms with Crippen LogP contribution in [0.5, 0.6) is 0 Å². The number of hydrogen-bond donors (Lipinski definition) is 2. The number of hydrogen-bond acceptors (Lipinski definition) is 3. The van der Waals surface area contributed by atoms with Crippen molar-refractivity contribution in [3.8, 4) is 6.07 Å². The van der Waals surface area contributed by atoms with Crippen LogP contribution in [0.3, 0.4) is 0 Å². The van der Waals surface area contributed by atoms with E-state index < -0.39 is 0 Å². The lowest BCUT2D eigenvalue weighted by atomic mass is 10.1. The molecule has 0 amide bonds. The second-order valence-corrected chi connectivity index (χ2v) is 2.91. The lowest BCUT2D eigenvalue weighted by molar-refractivity contribution is 1.10. The highest BCUT2D eigenvalue weighted by Crippen LogP contribution is 2.24. The van der Waals surface area contributed by atoms with Crippen molar-refractivity contribution in [1.29, 1.82) is 5.26 Å². The molecule has 1 aromatic carbocycles. The lowest BCUT2D eigenvalue weighted by Gasteiger charge is -1.97. The molecule has 0 aliphatic rings. The molecule has 0 radical (unpaired) electrons. The fourth-order valence-corrected chi connectivity index (χ4v) is 1.40. The molecule has 0 unspecified atom stereocenters. The average molecular weight is 172 g/mol. The topological polar surface area (TPSA) is 78.5 Å². The predicted molar refractivity (Wildman–Crippen MR) is 50.0 cm³/mol. The van der Waals surface area contributed by atoms with E-state index in [4.69, 9.17) is 11.0 Å². The first kappa shape index (κ1) is 7.62. The van der Waals surface area contributed by atoms with Crippen molar-refractivity contribution in [2.24, 2.45) is 0 Å². The van der Waals surface area contributed by atoms with Crippen LogP contribution in [0, 0.1) is 18.3 Å². The number of fused-ring (bicyclic) bond motifs is 1. The molecule has 2 aromatic rings. The second-order valence-electron chi connectivity index (χ2n) is 2.91. The molecule has 0 saturated heterocycles. The summed E-state index contributed by atoms with van der Waals surface area (Å²) in [6.45, 7) is 1.93. The fraction of sp³-hybridized carbons (Fsp3) is 0.111. The number of nitriles is 1. The van der Waals surface area contributed by atoms with Gasteiger partial charge in [-0.1, -0.05) is 6.07 Å². The van der Waals surface area contributed by atoms with E-state index in [1.54, 1.807) is 6.07 Å². The smallest absolute Gasteiger partial charge is 0.170 e. The number of anilines is 1. The minimum absolute atomic E-state index is 0.403. The second kappa shape index (κ2) is 2.49. The van der Waals surface area contributed by atoms with Gasteiger partial charge in [0.15, 0.2) is 5.69 Å². The van der Waals surface area contributed by atoms with Gasteiger partial charge >= 0.3 is 0 Å². The molecular formula is C9H8N4. The van der Waals surface area contributed by atoms with Gasteiger partial charge in [-0.2, -0.15) is 10.4 Å². The van der Waals surface area contributed by atoms with Crippen LogP contribution in [-0.2, 0) is 0 Å². The van der Waals surface area contributed by atoms with Gasteiger partial charge in [0.25, 0.3) is 0 Å². The number of aromatic amines is 1. The van der Waals surface area contributed by atoms with Gasteiger partial charge in [-0.3, -0.25) is 5.10 Å². The highest BCUT2D eigenvalue weighted by molar-refractivity contribution is 5.94. The number of nitrogen functional groups attached to an aromatic ring is 1. The van der Waals surface area contributed by atoms with Gasteiger partial charge in [0.1, 0.15) is 6.07 Å². The number of benzene rings is 1. The van der Waals surface area contributed by atoms with Gasteiger partial charge in [-0.05, 0) is 18.6 Å². The zero-order chi connectivity index (χ0) is 9.42. The van der Waals surface area contributed by atoms with Crippen molar-refractivity contribution >= 4 is 16.6 Å². The largest absolute Gasteiger partial charge is 0.397 e. The van der Waals surface area contributed by atoms with Crippen LogP contribution in [0.1, 0.15) is 11.3 Å². The van der Waals surface area contributed by atoms with Gasteiger partial charge in [0.2, 0.25) is 0 Å². The third-order valence-electron chi connectivity index (χ3n) is 2.07. The third kappa shape index (κ3) is 0.942. The minimum Gasteiger partial charge on any atom is -0.397 e. The van der Waals surface area contributed by atoms with E-state index >= 15 is 0 Å². The number of nitrogens with one attached hydrogen (secondary N) is 1. The number of H-pyrrole nitrogens is 1. The number of nitrogens with two attached hydrogens (primary N) is 1. The summed E-state index contributed by atoms with van der Waals surface area (Å²) in [5, 5.41) is 16.2. The van der Waals surface area contributed by atoms with E-state index in [1.165, 1.54) is 0 Å². The maximum Gasteiger partial charge on any atom is 0.170 e. The van der Waals surface area contributed by atoms with Gasteiger partial charge in [-0.25, -0.2) is 0 Å². The first-order valence-electron chi connectivity index (χ1n) is 3.87. The summed E-state index contributed by atoms with van der Waals surface area (Å²) in [5.74, 6) is 0. The Morgan fingerprint density at radius 1 is 1.54 bits per heavy atom. The van der Waals surface area contributed by atoms with E-state index in [0.717, 1.165) is 16.5 Å². The molecule has 3 N–H and O–H groups in total. The molecule has 64 valence electrons. The Hall–Kier alpha value is -2.02. The summed E-state index contributed by atoms with van der Waals surface area (Å²) in [4.78, 5) is 0. The van der Waals surface area contributed by atoms with Gasteiger partial charge < -0.3 is 5.73 Å². The van der Waals surface area contributed by atoms with Crippen molar-refractivity contribution in [3.05, 3.63) is 23.4 Å². The van der Waals surface area contributed by atoms with Crippen LogP contribution in [0.4, 0.5) is 5.69 Å². The molecule has 13 heavy (non-hydrogen) atoms. The van der Waals surface area contributed by atoms with Crippen molar-refractivity contribution < 1.29 is 0 Å². The average Bonchev–Trinajstić information content (AvgIpc) is 2.56. The van der Waals surface area contributed by atoms with Gasteiger partial charge in [0, 0.05) is 5.39 Å². The number of nitrogens with zero attached hydrogens (tertiary/aromatic N) is 2. The molecule has 0 saturated carbocycles. The number of rotatable bonds is 0. The van der Waals surface area contributed by atoms with Crippen LogP contribution < -0.4 is 5.73 Å². The monoisotopic (exact) mass is 172 g/mol. The molecular weight excluding hydrogens is 164 g/mol. The van der Waals surface area contributed by atoms with E-state index in [-0.39, 0.29) is 0 Å². The standard InChI is InChI=1S/C9H8N4/c1-5-2-3-6(11)9-8(5)7(4-10)12-13-9/h2-3H,11H2,1H3,(H,12,13). The van der Waals surface area contributed by atoms with E-state index in [0.29, 0.717) is 11.4 Å². The fourth-order valence-electron chi connectivity index (χ4n) is 1.40. The molecule has 0 aliphatic carbocycles. The van der Waals surface area contributed by atoms with Crippen molar-refractivity contribution in [1.82, 2.24) is 10.2 Å².